The van der Waals surface area contributed by atoms with Crippen LogP contribution >= 0.6 is 11.3 Å². The minimum atomic E-state index is -3.46. The average molecular weight is 492 g/mol. The number of morpholine rings is 1. The minimum Gasteiger partial charge on any atom is -0.373 e. The van der Waals surface area contributed by atoms with Crippen LogP contribution in [0, 0.1) is 0 Å². The highest BCUT2D eigenvalue weighted by atomic mass is 32.2. The third-order valence-electron chi connectivity index (χ3n) is 6.06. The number of hydrogen-bond acceptors (Lipinski definition) is 6. The van der Waals surface area contributed by atoms with Gasteiger partial charge in [0.15, 0.2) is 0 Å². The molecule has 2 atom stereocenters. The minimum absolute atomic E-state index is 0.144. The molecule has 0 saturated carbocycles. The Morgan fingerprint density at radius 3 is 2.48 bits per heavy atom. The number of thiophene rings is 1. The van der Waals surface area contributed by atoms with E-state index in [0.29, 0.717) is 17.3 Å². The van der Waals surface area contributed by atoms with Crippen LogP contribution in [0.3, 0.4) is 0 Å². The molecule has 1 aromatic heterocycles. The predicted octanol–water partition coefficient (Wildman–Crippen LogP) is 3.71. The zero-order valence-electron chi connectivity index (χ0n) is 19.3. The van der Waals surface area contributed by atoms with E-state index < -0.39 is 10.0 Å². The van der Waals surface area contributed by atoms with Gasteiger partial charge in [-0.15, -0.1) is 11.3 Å². The summed E-state index contributed by atoms with van der Waals surface area (Å²) >= 11 is 1.19. The number of carbonyl (C=O) groups is 1. The standard InChI is InChI=1S/C24H33N3O4S2/c1-18-15-26(16-19(2)31-18)17-20-8-4-5-9-22(20)25-23(28)14-21-10-11-24(32-21)33(29,30)27-12-6-3-7-13-27/h4-5,8-11,18-19H,3,6-7,12-17H2,1-2H3,(H,25,28). The number of hydrogen-bond donors (Lipinski definition) is 1. The first kappa shape index (κ1) is 24.3. The van der Waals surface area contributed by atoms with E-state index in [1.54, 1.807) is 16.4 Å². The molecule has 2 aliphatic heterocycles. The van der Waals surface area contributed by atoms with Gasteiger partial charge < -0.3 is 10.1 Å². The van der Waals surface area contributed by atoms with E-state index in [4.69, 9.17) is 4.74 Å². The second-order valence-electron chi connectivity index (χ2n) is 9.02. The second-order valence-corrected chi connectivity index (χ2v) is 12.4. The van der Waals surface area contributed by atoms with Gasteiger partial charge in [-0.2, -0.15) is 4.31 Å². The second kappa shape index (κ2) is 10.7. The highest BCUT2D eigenvalue weighted by Gasteiger charge is 2.28. The first-order valence-corrected chi connectivity index (χ1v) is 13.9. The number of benzene rings is 1. The predicted molar refractivity (Wildman–Crippen MR) is 131 cm³/mol. The van der Waals surface area contributed by atoms with Crippen molar-refractivity contribution in [2.75, 3.05) is 31.5 Å². The van der Waals surface area contributed by atoms with E-state index in [-0.39, 0.29) is 24.5 Å². The maximum absolute atomic E-state index is 12.9. The van der Waals surface area contributed by atoms with Gasteiger partial charge in [0.05, 0.1) is 18.6 Å². The Labute approximate surface area is 200 Å². The molecule has 0 bridgehead atoms. The number of para-hydroxylation sites is 1. The molecule has 180 valence electrons. The number of anilines is 1. The van der Waals surface area contributed by atoms with Crippen molar-refractivity contribution in [2.45, 2.75) is 62.5 Å². The van der Waals surface area contributed by atoms with Crippen molar-refractivity contribution >= 4 is 33.0 Å². The third-order valence-corrected chi connectivity index (χ3v) is 9.51. The van der Waals surface area contributed by atoms with Crippen LogP contribution in [0.15, 0.2) is 40.6 Å². The lowest BCUT2D eigenvalue weighted by Crippen LogP contribution is -2.44. The van der Waals surface area contributed by atoms with E-state index in [1.165, 1.54) is 11.3 Å². The fourth-order valence-electron chi connectivity index (χ4n) is 4.61. The van der Waals surface area contributed by atoms with Gasteiger partial charge >= 0.3 is 0 Å². The number of carbonyl (C=O) groups excluding carboxylic acids is 1. The van der Waals surface area contributed by atoms with Gasteiger partial charge in [-0.3, -0.25) is 9.69 Å². The Hall–Kier alpha value is -1.78. The fourth-order valence-corrected chi connectivity index (χ4v) is 7.64. The van der Waals surface area contributed by atoms with Crippen LogP contribution in [0.5, 0.6) is 0 Å². The Morgan fingerprint density at radius 1 is 1.06 bits per heavy atom. The molecule has 4 rings (SSSR count). The van der Waals surface area contributed by atoms with Crippen LogP contribution in [0.1, 0.15) is 43.6 Å². The molecule has 0 radical (unpaired) electrons. The summed E-state index contributed by atoms with van der Waals surface area (Å²) in [4.78, 5) is 15.9. The molecule has 2 aromatic rings. The third kappa shape index (κ3) is 6.22. The maximum Gasteiger partial charge on any atom is 0.252 e. The Balaban J connectivity index is 1.39. The molecule has 2 fully saturated rings. The molecule has 9 heteroatoms. The molecule has 0 aliphatic carbocycles. The van der Waals surface area contributed by atoms with Crippen LogP contribution in [0.4, 0.5) is 5.69 Å². The molecule has 1 N–H and O–H groups in total. The number of nitrogens with zero attached hydrogens (tertiary/aromatic N) is 2. The van der Waals surface area contributed by atoms with Crippen molar-refractivity contribution in [1.82, 2.24) is 9.21 Å². The monoisotopic (exact) mass is 491 g/mol. The van der Waals surface area contributed by atoms with Crippen molar-refractivity contribution < 1.29 is 17.9 Å². The molecule has 1 amide bonds. The smallest absolute Gasteiger partial charge is 0.252 e. The quantitative estimate of drug-likeness (QED) is 0.639. The highest BCUT2D eigenvalue weighted by Crippen LogP contribution is 2.28. The summed E-state index contributed by atoms with van der Waals surface area (Å²) in [6.45, 7) is 7.77. The fraction of sp³-hybridized carbons (Fsp3) is 0.542. The van der Waals surface area contributed by atoms with E-state index in [9.17, 15) is 13.2 Å². The summed E-state index contributed by atoms with van der Waals surface area (Å²) in [6.07, 6.45) is 3.41. The zero-order valence-corrected chi connectivity index (χ0v) is 21.0. The first-order valence-electron chi connectivity index (χ1n) is 11.7. The molecule has 7 nitrogen and oxygen atoms in total. The highest BCUT2D eigenvalue weighted by molar-refractivity contribution is 7.91. The van der Waals surface area contributed by atoms with Gasteiger partial charge in [-0.1, -0.05) is 24.6 Å². The van der Waals surface area contributed by atoms with Crippen LogP contribution in [0.2, 0.25) is 0 Å². The van der Waals surface area contributed by atoms with Gasteiger partial charge in [0.1, 0.15) is 4.21 Å². The normalized spacial score (nSPS) is 22.8. The van der Waals surface area contributed by atoms with Crippen LogP contribution in [0.25, 0.3) is 0 Å². The lowest BCUT2D eigenvalue weighted by atomic mass is 10.1. The summed E-state index contributed by atoms with van der Waals surface area (Å²) in [5.74, 6) is -0.144. The Morgan fingerprint density at radius 2 is 1.76 bits per heavy atom. The summed E-state index contributed by atoms with van der Waals surface area (Å²) in [5.41, 5.74) is 1.86. The molecule has 33 heavy (non-hydrogen) atoms. The number of nitrogens with one attached hydrogen (secondary N) is 1. The topological polar surface area (TPSA) is 79.0 Å². The molecular weight excluding hydrogens is 458 g/mol. The van der Waals surface area contributed by atoms with E-state index in [1.807, 2.05) is 24.3 Å². The van der Waals surface area contributed by atoms with E-state index in [0.717, 1.165) is 55.0 Å². The molecule has 2 unspecified atom stereocenters. The van der Waals surface area contributed by atoms with E-state index >= 15 is 0 Å². The number of ether oxygens (including phenoxy) is 1. The molecule has 1 aromatic carbocycles. The van der Waals surface area contributed by atoms with E-state index in [2.05, 4.69) is 24.1 Å². The summed E-state index contributed by atoms with van der Waals surface area (Å²) in [5, 5.41) is 3.03. The van der Waals surface area contributed by atoms with Crippen LogP contribution in [-0.4, -0.2) is 61.9 Å². The zero-order chi connectivity index (χ0) is 23.4. The molecule has 2 saturated heterocycles. The Bertz CT molecular complexity index is 1050. The van der Waals surface area contributed by atoms with Gasteiger partial charge in [0, 0.05) is 43.3 Å². The summed E-state index contributed by atoms with van der Waals surface area (Å²) in [6, 6.07) is 11.2. The van der Waals surface area contributed by atoms with Crippen LogP contribution in [-0.2, 0) is 32.5 Å². The number of piperidine rings is 1. The lowest BCUT2D eigenvalue weighted by Gasteiger charge is -2.35. The van der Waals surface area contributed by atoms with Gasteiger partial charge in [0.25, 0.3) is 10.0 Å². The summed E-state index contributed by atoms with van der Waals surface area (Å²) < 4.78 is 33.5. The van der Waals surface area contributed by atoms with Gasteiger partial charge in [-0.05, 0) is 50.5 Å². The van der Waals surface area contributed by atoms with Crippen molar-refractivity contribution in [3.63, 3.8) is 0 Å². The lowest BCUT2D eigenvalue weighted by molar-refractivity contribution is -0.115. The number of sulfonamides is 1. The van der Waals surface area contributed by atoms with Crippen molar-refractivity contribution in [2.24, 2.45) is 0 Å². The largest absolute Gasteiger partial charge is 0.373 e. The molecule has 2 aliphatic rings. The van der Waals surface area contributed by atoms with Crippen molar-refractivity contribution in [1.29, 1.82) is 0 Å². The summed E-state index contributed by atoms with van der Waals surface area (Å²) in [7, 11) is -3.46. The average Bonchev–Trinajstić information content (AvgIpc) is 3.24. The maximum atomic E-state index is 12.9. The van der Waals surface area contributed by atoms with Gasteiger partial charge in [-0.25, -0.2) is 8.42 Å². The van der Waals surface area contributed by atoms with Crippen molar-refractivity contribution in [3.8, 4) is 0 Å². The molecule has 3 heterocycles. The molecule has 0 spiro atoms. The Kier molecular flexibility index (Phi) is 7.86. The number of amides is 1. The number of rotatable bonds is 7. The SMILES string of the molecule is CC1CN(Cc2ccccc2NC(=O)Cc2ccc(S(=O)(=O)N3CCCCC3)s2)CC(C)O1. The molecular formula is C24H33N3O4S2. The van der Waals surface area contributed by atoms with Gasteiger partial charge in [0.2, 0.25) is 5.91 Å². The van der Waals surface area contributed by atoms with Crippen LogP contribution < -0.4 is 5.32 Å². The van der Waals surface area contributed by atoms with Crippen molar-refractivity contribution in [3.05, 3.63) is 46.8 Å². The first-order chi connectivity index (χ1) is 15.8.